The van der Waals surface area contributed by atoms with Crippen LogP contribution < -0.4 is 0 Å². The lowest BCUT2D eigenvalue weighted by Crippen LogP contribution is -2.05. The van der Waals surface area contributed by atoms with E-state index < -0.39 is 12.1 Å². The topological polar surface area (TPSA) is 72.8 Å². The summed E-state index contributed by atoms with van der Waals surface area (Å²) in [5.41, 5.74) is 0.176. The lowest BCUT2D eigenvalue weighted by atomic mass is 10.4. The van der Waals surface area contributed by atoms with Gasteiger partial charge in [-0.2, -0.15) is 0 Å². The molecule has 0 aliphatic heterocycles. The van der Waals surface area contributed by atoms with Gasteiger partial charge in [0.25, 0.3) is 0 Å². The van der Waals surface area contributed by atoms with Gasteiger partial charge in [0.15, 0.2) is 0 Å². The molecule has 0 rings (SSSR count). The number of carbonyl (C=O) groups excluding carboxylic acids is 1. The monoisotopic (exact) mass is 204 g/mol. The summed E-state index contributed by atoms with van der Waals surface area (Å²) in [4.78, 5) is 19.8. The third-order valence-corrected chi connectivity index (χ3v) is 0.889. The molecule has 5 nitrogen and oxygen atoms in total. The summed E-state index contributed by atoms with van der Waals surface area (Å²) < 4.78 is 8.84. The third-order valence-electron chi connectivity index (χ3n) is 0.889. The van der Waals surface area contributed by atoms with Gasteiger partial charge in [-0.1, -0.05) is 6.58 Å². The van der Waals surface area contributed by atoms with Gasteiger partial charge in [0, 0.05) is 5.57 Å². The first-order valence-electron chi connectivity index (χ1n) is 4.14. The number of rotatable bonds is 3. The molecule has 0 atom stereocenters. The van der Waals surface area contributed by atoms with Gasteiger partial charge in [0.1, 0.15) is 0 Å². The zero-order valence-corrected chi connectivity index (χ0v) is 8.70. The smallest absolute Gasteiger partial charge is 0.478 e. The normalized spacial score (nSPS) is 7.93. The zero-order chi connectivity index (χ0) is 11.6. The van der Waals surface area contributed by atoms with E-state index in [1.807, 2.05) is 0 Å². The minimum Gasteiger partial charge on any atom is -0.478 e. The fourth-order valence-corrected chi connectivity index (χ4v) is 0.277. The van der Waals surface area contributed by atoms with Crippen LogP contribution in [0.3, 0.4) is 0 Å². The van der Waals surface area contributed by atoms with Gasteiger partial charge < -0.3 is 14.6 Å². The van der Waals surface area contributed by atoms with Gasteiger partial charge in [-0.25, -0.2) is 9.59 Å². The molecule has 0 heterocycles. The molecule has 0 aromatic rings. The van der Waals surface area contributed by atoms with Crippen molar-refractivity contribution >= 4 is 12.1 Å². The third kappa shape index (κ3) is 13.1. The van der Waals surface area contributed by atoms with Crippen molar-refractivity contribution in [2.24, 2.45) is 0 Å². The second kappa shape index (κ2) is 9.57. The predicted octanol–water partition coefficient (Wildman–Crippen LogP) is 1.83. The number of aliphatic carboxylic acids is 1. The Labute approximate surface area is 83.3 Å². The zero-order valence-electron chi connectivity index (χ0n) is 8.70. The van der Waals surface area contributed by atoms with Crippen LogP contribution in [-0.4, -0.2) is 30.4 Å². The van der Waals surface area contributed by atoms with Crippen molar-refractivity contribution in [2.45, 2.75) is 20.8 Å². The summed E-state index contributed by atoms with van der Waals surface area (Å²) >= 11 is 0. The highest BCUT2D eigenvalue weighted by Crippen LogP contribution is 1.82. The Morgan fingerprint density at radius 3 is 1.64 bits per heavy atom. The van der Waals surface area contributed by atoms with E-state index in [1.165, 1.54) is 6.92 Å². The number of hydrogen-bond donors (Lipinski definition) is 1. The SMILES string of the molecule is C=C(C)C(=O)O.CCOC(=O)OCC. The van der Waals surface area contributed by atoms with Crippen LogP contribution in [0.4, 0.5) is 4.79 Å². The van der Waals surface area contributed by atoms with Crippen molar-refractivity contribution in [3.05, 3.63) is 12.2 Å². The molecule has 0 unspecified atom stereocenters. The Kier molecular flexibility index (Phi) is 10.2. The molecule has 0 saturated heterocycles. The first kappa shape index (κ1) is 15.0. The van der Waals surface area contributed by atoms with Crippen LogP contribution in [0.25, 0.3) is 0 Å². The van der Waals surface area contributed by atoms with Gasteiger partial charge in [0.05, 0.1) is 13.2 Å². The molecule has 1 N–H and O–H groups in total. The van der Waals surface area contributed by atoms with Crippen molar-refractivity contribution < 1.29 is 24.2 Å². The van der Waals surface area contributed by atoms with Gasteiger partial charge >= 0.3 is 12.1 Å². The molecular weight excluding hydrogens is 188 g/mol. The minimum atomic E-state index is -0.935. The van der Waals surface area contributed by atoms with E-state index >= 15 is 0 Å². The number of carboxylic acid groups (broad SMARTS) is 1. The molecule has 0 amide bonds. The summed E-state index contributed by atoms with van der Waals surface area (Å²) in [6.45, 7) is 8.82. The summed E-state index contributed by atoms with van der Waals surface area (Å²) in [5.74, 6) is -0.935. The fourth-order valence-electron chi connectivity index (χ4n) is 0.277. The largest absolute Gasteiger partial charge is 0.508 e. The first-order chi connectivity index (χ1) is 6.45. The molecule has 0 aromatic heterocycles. The Hall–Kier alpha value is -1.52. The van der Waals surface area contributed by atoms with Crippen molar-refractivity contribution in [3.63, 3.8) is 0 Å². The van der Waals surface area contributed by atoms with E-state index in [4.69, 9.17) is 5.11 Å². The summed E-state index contributed by atoms with van der Waals surface area (Å²) in [6.07, 6.45) is -0.588. The molecule has 0 aliphatic rings. The number of carboxylic acids is 1. The maximum absolute atomic E-state index is 10.2. The van der Waals surface area contributed by atoms with E-state index in [-0.39, 0.29) is 5.57 Å². The summed E-state index contributed by atoms with van der Waals surface area (Å²) in [7, 11) is 0. The van der Waals surface area contributed by atoms with Crippen LogP contribution in [0, 0.1) is 0 Å². The van der Waals surface area contributed by atoms with Crippen LogP contribution in [-0.2, 0) is 14.3 Å². The highest BCUT2D eigenvalue weighted by molar-refractivity contribution is 5.84. The van der Waals surface area contributed by atoms with Crippen molar-refractivity contribution in [1.82, 2.24) is 0 Å². The van der Waals surface area contributed by atoms with Gasteiger partial charge in [-0.05, 0) is 20.8 Å². The van der Waals surface area contributed by atoms with Crippen molar-refractivity contribution in [2.75, 3.05) is 13.2 Å². The van der Waals surface area contributed by atoms with Crippen LogP contribution >= 0.6 is 0 Å². The fraction of sp³-hybridized carbons (Fsp3) is 0.556. The van der Waals surface area contributed by atoms with E-state index in [1.54, 1.807) is 13.8 Å². The van der Waals surface area contributed by atoms with Gasteiger partial charge in [0.2, 0.25) is 0 Å². The second-order valence-corrected chi connectivity index (χ2v) is 2.20. The van der Waals surface area contributed by atoms with Crippen LogP contribution in [0.1, 0.15) is 20.8 Å². The first-order valence-corrected chi connectivity index (χ1v) is 4.14. The molecule has 5 heteroatoms. The van der Waals surface area contributed by atoms with E-state index in [2.05, 4.69) is 16.1 Å². The van der Waals surface area contributed by atoms with E-state index in [0.29, 0.717) is 13.2 Å². The maximum atomic E-state index is 10.2. The molecule has 0 fully saturated rings. The number of hydrogen-bond acceptors (Lipinski definition) is 4. The Bertz CT molecular complexity index is 177. The van der Waals surface area contributed by atoms with Gasteiger partial charge in [-0.3, -0.25) is 0 Å². The maximum Gasteiger partial charge on any atom is 0.508 e. The summed E-state index contributed by atoms with van der Waals surface area (Å²) in [6, 6.07) is 0. The molecule has 0 radical (unpaired) electrons. The predicted molar refractivity (Wildman–Crippen MR) is 51.1 cm³/mol. The van der Waals surface area contributed by atoms with Crippen LogP contribution in [0.2, 0.25) is 0 Å². The van der Waals surface area contributed by atoms with Crippen LogP contribution in [0.5, 0.6) is 0 Å². The lowest BCUT2D eigenvalue weighted by Gasteiger charge is -1.98. The average Bonchev–Trinajstić information content (AvgIpc) is 2.06. The number of carbonyl (C=O) groups is 2. The standard InChI is InChI=1S/C5H10O3.C4H6O2/c1-3-7-5(6)8-4-2;1-3(2)4(5)6/h3-4H2,1-2H3;1H2,2H3,(H,5,6). The highest BCUT2D eigenvalue weighted by atomic mass is 16.7. The average molecular weight is 204 g/mol. The number of ether oxygens (including phenoxy) is 2. The van der Waals surface area contributed by atoms with Crippen LogP contribution in [0.15, 0.2) is 12.2 Å². The van der Waals surface area contributed by atoms with E-state index in [9.17, 15) is 9.59 Å². The molecule has 0 aromatic carbocycles. The minimum absolute atomic E-state index is 0.176. The molecule has 14 heavy (non-hydrogen) atoms. The Morgan fingerprint density at radius 2 is 1.50 bits per heavy atom. The summed E-state index contributed by atoms with van der Waals surface area (Å²) in [5, 5.41) is 7.89. The molecule has 0 bridgehead atoms. The molecule has 0 spiro atoms. The Balaban J connectivity index is 0. The lowest BCUT2D eigenvalue weighted by molar-refractivity contribution is -0.132. The molecule has 0 aliphatic carbocycles. The Morgan fingerprint density at radius 1 is 1.21 bits per heavy atom. The molecular formula is C9H16O5. The quantitative estimate of drug-likeness (QED) is 0.560. The molecule has 82 valence electrons. The molecule has 0 saturated carbocycles. The van der Waals surface area contributed by atoms with Gasteiger partial charge in [-0.15, -0.1) is 0 Å². The van der Waals surface area contributed by atoms with E-state index in [0.717, 1.165) is 0 Å². The highest BCUT2D eigenvalue weighted by Gasteiger charge is 1.96. The van der Waals surface area contributed by atoms with Crippen molar-refractivity contribution in [3.8, 4) is 0 Å². The van der Waals surface area contributed by atoms with Crippen molar-refractivity contribution in [1.29, 1.82) is 0 Å². The second-order valence-electron chi connectivity index (χ2n) is 2.20.